The first kappa shape index (κ1) is 15.1. The van der Waals surface area contributed by atoms with Crippen LogP contribution in [0.1, 0.15) is 25.3 Å². The van der Waals surface area contributed by atoms with Gasteiger partial charge in [-0.1, -0.05) is 11.6 Å². The van der Waals surface area contributed by atoms with Crippen LogP contribution in [0, 0.1) is 23.0 Å². The third-order valence-corrected chi connectivity index (χ3v) is 4.22. The standard InChI is InChI=1S/C14H20ClN3O2/c1-9-6-14(18(19)20)12(15)7-13(9)17-10(2)11-4-3-5-16-8-11/h6-7,10-11,16-17H,3-5,8H2,1-2H3. The van der Waals surface area contributed by atoms with Crippen LogP contribution in [0.3, 0.4) is 0 Å². The van der Waals surface area contributed by atoms with Crippen LogP contribution in [0.2, 0.25) is 5.02 Å². The molecule has 0 bridgehead atoms. The number of anilines is 1. The first-order chi connectivity index (χ1) is 9.49. The lowest BCUT2D eigenvalue weighted by atomic mass is 9.92. The smallest absolute Gasteiger partial charge is 0.288 e. The maximum absolute atomic E-state index is 10.8. The summed E-state index contributed by atoms with van der Waals surface area (Å²) >= 11 is 5.97. The number of benzene rings is 1. The molecule has 1 aliphatic rings. The zero-order valence-electron chi connectivity index (χ0n) is 11.8. The lowest BCUT2D eigenvalue weighted by Gasteiger charge is -2.30. The van der Waals surface area contributed by atoms with Gasteiger partial charge in [0, 0.05) is 17.8 Å². The van der Waals surface area contributed by atoms with Crippen LogP contribution in [0.5, 0.6) is 0 Å². The Labute approximate surface area is 123 Å². The summed E-state index contributed by atoms with van der Waals surface area (Å²) in [6.45, 7) is 6.10. The molecule has 6 heteroatoms. The summed E-state index contributed by atoms with van der Waals surface area (Å²) in [4.78, 5) is 10.4. The summed E-state index contributed by atoms with van der Waals surface area (Å²) in [6.07, 6.45) is 2.39. The Kier molecular flexibility index (Phi) is 4.83. The number of aryl methyl sites for hydroxylation is 1. The summed E-state index contributed by atoms with van der Waals surface area (Å²) < 4.78 is 0. The van der Waals surface area contributed by atoms with E-state index in [-0.39, 0.29) is 10.7 Å². The van der Waals surface area contributed by atoms with E-state index >= 15 is 0 Å². The minimum atomic E-state index is -0.451. The molecule has 5 nitrogen and oxygen atoms in total. The highest BCUT2D eigenvalue weighted by Crippen LogP contribution is 2.31. The molecule has 1 aromatic carbocycles. The van der Waals surface area contributed by atoms with Gasteiger partial charge < -0.3 is 10.6 Å². The van der Waals surface area contributed by atoms with Crippen molar-refractivity contribution < 1.29 is 4.92 Å². The zero-order valence-corrected chi connectivity index (χ0v) is 12.5. The molecule has 0 amide bonds. The molecule has 1 aromatic rings. The van der Waals surface area contributed by atoms with E-state index in [9.17, 15) is 10.1 Å². The molecule has 0 aliphatic carbocycles. The number of rotatable bonds is 4. The second kappa shape index (κ2) is 6.41. The maximum atomic E-state index is 10.8. The minimum Gasteiger partial charge on any atom is -0.382 e. The molecule has 110 valence electrons. The van der Waals surface area contributed by atoms with Gasteiger partial charge in [0.05, 0.1) is 4.92 Å². The normalized spacial score (nSPS) is 20.4. The summed E-state index contributed by atoms with van der Waals surface area (Å²) in [5.74, 6) is 0.567. The first-order valence-corrected chi connectivity index (χ1v) is 7.28. The largest absolute Gasteiger partial charge is 0.382 e. The Hall–Kier alpha value is -1.33. The number of nitrogens with one attached hydrogen (secondary N) is 2. The molecule has 0 saturated carbocycles. The van der Waals surface area contributed by atoms with Crippen molar-refractivity contribution in [3.05, 3.63) is 32.8 Å². The van der Waals surface area contributed by atoms with Crippen molar-refractivity contribution in [2.45, 2.75) is 32.7 Å². The second-order valence-corrected chi connectivity index (χ2v) is 5.82. The van der Waals surface area contributed by atoms with Crippen LogP contribution < -0.4 is 10.6 Å². The fourth-order valence-corrected chi connectivity index (χ4v) is 2.86. The van der Waals surface area contributed by atoms with Crippen LogP contribution in [-0.2, 0) is 0 Å². The topological polar surface area (TPSA) is 67.2 Å². The second-order valence-electron chi connectivity index (χ2n) is 5.42. The van der Waals surface area contributed by atoms with E-state index in [4.69, 9.17) is 11.6 Å². The number of nitro groups is 1. The maximum Gasteiger partial charge on any atom is 0.288 e. The number of nitro benzene ring substituents is 1. The van der Waals surface area contributed by atoms with Crippen molar-refractivity contribution in [3.63, 3.8) is 0 Å². The number of halogens is 1. The third kappa shape index (κ3) is 3.41. The Bertz CT molecular complexity index is 501. The van der Waals surface area contributed by atoms with Gasteiger partial charge >= 0.3 is 0 Å². The highest BCUT2D eigenvalue weighted by atomic mass is 35.5. The van der Waals surface area contributed by atoms with Gasteiger partial charge in [-0.05, 0) is 57.3 Å². The monoisotopic (exact) mass is 297 g/mol. The number of nitrogens with zero attached hydrogens (tertiary/aromatic N) is 1. The van der Waals surface area contributed by atoms with Crippen LogP contribution >= 0.6 is 11.6 Å². The Balaban J connectivity index is 2.12. The lowest BCUT2D eigenvalue weighted by Crippen LogP contribution is -2.38. The lowest BCUT2D eigenvalue weighted by molar-refractivity contribution is -0.384. The van der Waals surface area contributed by atoms with Gasteiger partial charge in [0.1, 0.15) is 5.02 Å². The molecule has 0 spiro atoms. The quantitative estimate of drug-likeness (QED) is 0.660. The summed E-state index contributed by atoms with van der Waals surface area (Å²) in [5.41, 5.74) is 1.68. The van der Waals surface area contributed by atoms with E-state index in [1.54, 1.807) is 6.07 Å². The van der Waals surface area contributed by atoms with Gasteiger partial charge in [0.15, 0.2) is 0 Å². The van der Waals surface area contributed by atoms with Crippen molar-refractivity contribution in [2.24, 2.45) is 5.92 Å². The van der Waals surface area contributed by atoms with E-state index < -0.39 is 4.92 Å². The van der Waals surface area contributed by atoms with E-state index in [0.29, 0.717) is 12.0 Å². The van der Waals surface area contributed by atoms with Crippen molar-refractivity contribution in [1.82, 2.24) is 5.32 Å². The third-order valence-electron chi connectivity index (χ3n) is 3.92. The highest BCUT2D eigenvalue weighted by Gasteiger charge is 2.21. The fraction of sp³-hybridized carbons (Fsp3) is 0.571. The van der Waals surface area contributed by atoms with Gasteiger partial charge in [-0.25, -0.2) is 0 Å². The molecule has 1 saturated heterocycles. The van der Waals surface area contributed by atoms with Gasteiger partial charge in [0.25, 0.3) is 5.69 Å². The fourth-order valence-electron chi connectivity index (χ4n) is 2.63. The molecule has 2 atom stereocenters. The number of hydrogen-bond donors (Lipinski definition) is 2. The average Bonchev–Trinajstić information content (AvgIpc) is 2.43. The molecule has 1 heterocycles. The van der Waals surface area contributed by atoms with Crippen molar-refractivity contribution >= 4 is 23.0 Å². The summed E-state index contributed by atoms with van der Waals surface area (Å²) in [7, 11) is 0. The molecule has 20 heavy (non-hydrogen) atoms. The Morgan fingerprint density at radius 3 is 2.90 bits per heavy atom. The first-order valence-electron chi connectivity index (χ1n) is 6.91. The predicted octanol–water partition coefficient (Wildman–Crippen LogP) is 3.36. The molecular formula is C14H20ClN3O2. The molecule has 2 rings (SSSR count). The predicted molar refractivity (Wildman–Crippen MR) is 81.5 cm³/mol. The van der Waals surface area contributed by atoms with Crippen molar-refractivity contribution in [1.29, 1.82) is 0 Å². The molecule has 0 aromatic heterocycles. The minimum absolute atomic E-state index is 0.0401. The molecular weight excluding hydrogens is 278 g/mol. The van der Waals surface area contributed by atoms with E-state index in [2.05, 4.69) is 17.6 Å². The zero-order chi connectivity index (χ0) is 14.7. The van der Waals surface area contributed by atoms with Gasteiger partial charge in [-0.3, -0.25) is 10.1 Å². The number of piperidine rings is 1. The summed E-state index contributed by atoms with van der Waals surface area (Å²) in [5, 5.41) is 17.9. The van der Waals surface area contributed by atoms with Gasteiger partial charge in [-0.15, -0.1) is 0 Å². The highest BCUT2D eigenvalue weighted by molar-refractivity contribution is 6.33. The van der Waals surface area contributed by atoms with Gasteiger partial charge in [0.2, 0.25) is 0 Å². The Morgan fingerprint density at radius 1 is 1.55 bits per heavy atom. The van der Waals surface area contributed by atoms with Crippen molar-refractivity contribution in [3.8, 4) is 0 Å². The van der Waals surface area contributed by atoms with Crippen LogP contribution in [0.15, 0.2) is 12.1 Å². The molecule has 2 N–H and O–H groups in total. The van der Waals surface area contributed by atoms with E-state index in [0.717, 1.165) is 24.3 Å². The molecule has 0 radical (unpaired) electrons. The molecule has 1 aliphatic heterocycles. The van der Waals surface area contributed by atoms with Gasteiger partial charge in [-0.2, -0.15) is 0 Å². The average molecular weight is 298 g/mol. The van der Waals surface area contributed by atoms with E-state index in [1.807, 2.05) is 6.92 Å². The molecule has 1 fully saturated rings. The van der Waals surface area contributed by atoms with Crippen LogP contribution in [0.25, 0.3) is 0 Å². The summed E-state index contributed by atoms with van der Waals surface area (Å²) in [6, 6.07) is 3.48. The Morgan fingerprint density at radius 2 is 2.30 bits per heavy atom. The van der Waals surface area contributed by atoms with Crippen LogP contribution in [0.4, 0.5) is 11.4 Å². The van der Waals surface area contributed by atoms with Crippen LogP contribution in [-0.4, -0.2) is 24.1 Å². The molecule has 2 unspecified atom stereocenters. The number of hydrogen-bond acceptors (Lipinski definition) is 4. The van der Waals surface area contributed by atoms with E-state index in [1.165, 1.54) is 18.9 Å². The van der Waals surface area contributed by atoms with Crippen molar-refractivity contribution in [2.75, 3.05) is 18.4 Å². The SMILES string of the molecule is Cc1cc([N+](=O)[O-])c(Cl)cc1NC(C)C1CCCNC1.